The first-order valence-corrected chi connectivity index (χ1v) is 6.35. The average molecular weight is 282 g/mol. The molecule has 20 heavy (non-hydrogen) atoms. The van der Waals surface area contributed by atoms with Crippen LogP contribution in [-0.2, 0) is 6.54 Å². The molecule has 0 aliphatic carbocycles. The van der Waals surface area contributed by atoms with Gasteiger partial charge in [0.2, 0.25) is 5.75 Å². The van der Waals surface area contributed by atoms with E-state index in [2.05, 4.69) is 10.6 Å². The summed E-state index contributed by atoms with van der Waals surface area (Å²) in [6.45, 7) is 4.17. The highest BCUT2D eigenvalue weighted by Crippen LogP contribution is 2.38. The number of benzene rings is 1. The van der Waals surface area contributed by atoms with Gasteiger partial charge in [-0.1, -0.05) is 0 Å². The molecule has 2 amide bonds. The number of carbonyl (C=O) groups excluding carboxylic acids is 1. The highest BCUT2D eigenvalue weighted by atomic mass is 16.5. The van der Waals surface area contributed by atoms with Gasteiger partial charge in [0.25, 0.3) is 0 Å². The van der Waals surface area contributed by atoms with Crippen molar-refractivity contribution in [2.45, 2.75) is 26.4 Å². The summed E-state index contributed by atoms with van der Waals surface area (Å²) in [7, 11) is 4.66. The van der Waals surface area contributed by atoms with E-state index in [1.54, 1.807) is 33.5 Å². The zero-order valence-electron chi connectivity index (χ0n) is 12.6. The maximum atomic E-state index is 11.5. The first kappa shape index (κ1) is 15.9. The lowest BCUT2D eigenvalue weighted by Crippen LogP contribution is -2.39. The maximum Gasteiger partial charge on any atom is 0.315 e. The Bertz CT molecular complexity index is 435. The highest BCUT2D eigenvalue weighted by Gasteiger charge is 2.13. The van der Waals surface area contributed by atoms with Crippen molar-refractivity contribution in [2.75, 3.05) is 21.3 Å². The predicted molar refractivity (Wildman–Crippen MR) is 76.6 cm³/mol. The van der Waals surface area contributed by atoms with E-state index in [9.17, 15) is 4.79 Å². The van der Waals surface area contributed by atoms with Crippen molar-refractivity contribution in [2.24, 2.45) is 0 Å². The Morgan fingerprint density at radius 2 is 1.65 bits per heavy atom. The monoisotopic (exact) mass is 282 g/mol. The van der Waals surface area contributed by atoms with Crippen molar-refractivity contribution in [3.8, 4) is 17.2 Å². The molecule has 0 aliphatic rings. The number of nitrogens with one attached hydrogen (secondary N) is 2. The highest BCUT2D eigenvalue weighted by molar-refractivity contribution is 5.74. The van der Waals surface area contributed by atoms with Crippen LogP contribution in [0.15, 0.2) is 12.1 Å². The van der Waals surface area contributed by atoms with Crippen LogP contribution in [0.2, 0.25) is 0 Å². The van der Waals surface area contributed by atoms with Crippen LogP contribution in [-0.4, -0.2) is 33.4 Å². The van der Waals surface area contributed by atoms with Crippen LogP contribution >= 0.6 is 0 Å². The van der Waals surface area contributed by atoms with E-state index in [1.165, 1.54) is 0 Å². The van der Waals surface area contributed by atoms with Gasteiger partial charge >= 0.3 is 6.03 Å². The van der Waals surface area contributed by atoms with Crippen LogP contribution in [0.25, 0.3) is 0 Å². The minimum absolute atomic E-state index is 0.0925. The number of ether oxygens (including phenoxy) is 3. The van der Waals surface area contributed by atoms with Gasteiger partial charge in [0.15, 0.2) is 11.5 Å². The Balaban J connectivity index is 2.83. The number of amides is 2. The third-order valence-corrected chi connectivity index (χ3v) is 2.60. The van der Waals surface area contributed by atoms with Crippen LogP contribution in [0.1, 0.15) is 19.4 Å². The molecule has 0 atom stereocenters. The van der Waals surface area contributed by atoms with Crippen molar-refractivity contribution < 1.29 is 19.0 Å². The van der Waals surface area contributed by atoms with Gasteiger partial charge in [-0.2, -0.15) is 0 Å². The second kappa shape index (κ2) is 7.47. The van der Waals surface area contributed by atoms with Crippen LogP contribution in [0.3, 0.4) is 0 Å². The van der Waals surface area contributed by atoms with Gasteiger partial charge < -0.3 is 24.8 Å². The molecule has 1 rings (SSSR count). The maximum absolute atomic E-state index is 11.5. The van der Waals surface area contributed by atoms with E-state index in [4.69, 9.17) is 14.2 Å². The summed E-state index contributed by atoms with van der Waals surface area (Å²) in [6, 6.07) is 3.48. The zero-order valence-corrected chi connectivity index (χ0v) is 12.6. The molecule has 0 bridgehead atoms. The molecule has 1 aromatic rings. The van der Waals surface area contributed by atoms with Gasteiger partial charge in [-0.25, -0.2) is 4.79 Å². The molecule has 2 N–H and O–H groups in total. The second-order valence-corrected chi connectivity index (χ2v) is 4.52. The quantitative estimate of drug-likeness (QED) is 0.836. The van der Waals surface area contributed by atoms with Gasteiger partial charge in [0, 0.05) is 12.6 Å². The van der Waals surface area contributed by atoms with Gasteiger partial charge in [-0.05, 0) is 31.5 Å². The SMILES string of the molecule is COc1cc(CNC(=O)NC(C)C)cc(OC)c1OC. The van der Waals surface area contributed by atoms with Crippen LogP contribution < -0.4 is 24.8 Å². The van der Waals surface area contributed by atoms with Crippen molar-refractivity contribution in [1.29, 1.82) is 0 Å². The van der Waals surface area contributed by atoms with E-state index in [0.717, 1.165) is 5.56 Å². The summed E-state index contributed by atoms with van der Waals surface area (Å²) in [5.41, 5.74) is 0.860. The molecule has 0 aromatic heterocycles. The molecule has 0 unspecified atom stereocenters. The normalized spacial score (nSPS) is 10.1. The Labute approximate surface area is 119 Å². The van der Waals surface area contributed by atoms with Crippen LogP contribution in [0.5, 0.6) is 17.2 Å². The number of urea groups is 1. The van der Waals surface area contributed by atoms with E-state index in [0.29, 0.717) is 23.8 Å². The van der Waals surface area contributed by atoms with Gasteiger partial charge in [-0.3, -0.25) is 0 Å². The van der Waals surface area contributed by atoms with E-state index >= 15 is 0 Å². The zero-order chi connectivity index (χ0) is 15.1. The van der Waals surface area contributed by atoms with E-state index < -0.39 is 0 Å². The fourth-order valence-electron chi connectivity index (χ4n) is 1.73. The largest absolute Gasteiger partial charge is 0.493 e. The summed E-state index contributed by atoms with van der Waals surface area (Å²) in [5.74, 6) is 1.66. The fraction of sp³-hybridized carbons (Fsp3) is 0.500. The van der Waals surface area contributed by atoms with Crippen molar-refractivity contribution >= 4 is 6.03 Å². The van der Waals surface area contributed by atoms with Crippen molar-refractivity contribution in [3.63, 3.8) is 0 Å². The molecule has 112 valence electrons. The Morgan fingerprint density at radius 1 is 1.10 bits per heavy atom. The first-order chi connectivity index (χ1) is 9.51. The van der Waals surface area contributed by atoms with E-state index in [1.807, 2.05) is 13.8 Å². The Morgan fingerprint density at radius 3 is 2.05 bits per heavy atom. The van der Waals surface area contributed by atoms with Gasteiger partial charge in [0.1, 0.15) is 0 Å². The lowest BCUT2D eigenvalue weighted by atomic mass is 10.2. The van der Waals surface area contributed by atoms with Crippen LogP contribution in [0, 0.1) is 0 Å². The standard InChI is InChI=1S/C14H22N2O4/c1-9(2)16-14(17)15-8-10-6-11(18-3)13(20-5)12(7-10)19-4/h6-7,9H,8H2,1-5H3,(H2,15,16,17). The molecular weight excluding hydrogens is 260 g/mol. The minimum Gasteiger partial charge on any atom is -0.493 e. The topological polar surface area (TPSA) is 68.8 Å². The molecule has 6 nitrogen and oxygen atoms in total. The molecule has 0 saturated heterocycles. The number of hydrogen-bond acceptors (Lipinski definition) is 4. The second-order valence-electron chi connectivity index (χ2n) is 4.52. The number of hydrogen-bond donors (Lipinski definition) is 2. The fourth-order valence-corrected chi connectivity index (χ4v) is 1.73. The number of carbonyl (C=O) groups is 1. The molecule has 0 aliphatic heterocycles. The molecule has 0 fully saturated rings. The molecule has 0 saturated carbocycles. The smallest absolute Gasteiger partial charge is 0.315 e. The summed E-state index contributed by atoms with van der Waals surface area (Å²) < 4.78 is 15.8. The van der Waals surface area contributed by atoms with Crippen LogP contribution in [0.4, 0.5) is 4.79 Å². The number of methoxy groups -OCH3 is 3. The average Bonchev–Trinajstić information content (AvgIpc) is 2.42. The van der Waals surface area contributed by atoms with Gasteiger partial charge in [-0.15, -0.1) is 0 Å². The third-order valence-electron chi connectivity index (χ3n) is 2.60. The summed E-state index contributed by atoms with van der Waals surface area (Å²) >= 11 is 0. The number of rotatable bonds is 6. The lowest BCUT2D eigenvalue weighted by Gasteiger charge is -2.15. The molecule has 1 aromatic carbocycles. The minimum atomic E-state index is -0.214. The molecule has 6 heteroatoms. The van der Waals surface area contributed by atoms with E-state index in [-0.39, 0.29) is 12.1 Å². The summed E-state index contributed by atoms with van der Waals surface area (Å²) in [6.07, 6.45) is 0. The Hall–Kier alpha value is -2.11. The summed E-state index contributed by atoms with van der Waals surface area (Å²) in [5, 5.41) is 5.52. The van der Waals surface area contributed by atoms with Crippen molar-refractivity contribution in [1.82, 2.24) is 10.6 Å². The van der Waals surface area contributed by atoms with Gasteiger partial charge in [0.05, 0.1) is 21.3 Å². The van der Waals surface area contributed by atoms with Crippen molar-refractivity contribution in [3.05, 3.63) is 17.7 Å². The molecule has 0 spiro atoms. The summed E-state index contributed by atoms with van der Waals surface area (Å²) in [4.78, 5) is 11.5. The lowest BCUT2D eigenvalue weighted by molar-refractivity contribution is 0.238. The molecule has 0 heterocycles. The third kappa shape index (κ3) is 4.22. The first-order valence-electron chi connectivity index (χ1n) is 6.35. The Kier molecular flexibility index (Phi) is 5.96. The predicted octanol–water partition coefficient (Wildman–Crippen LogP) is 1.92. The molecular formula is C14H22N2O4. The molecule has 0 radical (unpaired) electrons.